The van der Waals surface area contributed by atoms with E-state index >= 15 is 0 Å². The zero-order valence-electron chi connectivity index (χ0n) is 16.7. The number of hydrogen-bond donors (Lipinski definition) is 0. The highest BCUT2D eigenvalue weighted by Gasteiger charge is 2.28. The average molecular weight is 370 g/mol. The Morgan fingerprint density at radius 1 is 1.30 bits per heavy atom. The summed E-state index contributed by atoms with van der Waals surface area (Å²) in [5, 5.41) is 0. The lowest BCUT2D eigenvalue weighted by molar-refractivity contribution is -0.128. The Balaban J connectivity index is 1.91. The third kappa shape index (κ3) is 6.38. The second-order valence-electron chi connectivity index (χ2n) is 7.13. The number of ether oxygens (including phenoxy) is 1. The third-order valence-electron chi connectivity index (χ3n) is 5.03. The van der Waals surface area contributed by atoms with Gasteiger partial charge in [-0.1, -0.05) is 49.3 Å². The van der Waals surface area contributed by atoms with E-state index in [1.807, 2.05) is 17.0 Å². The fourth-order valence-electron chi connectivity index (χ4n) is 3.31. The second-order valence-corrected chi connectivity index (χ2v) is 7.13. The van der Waals surface area contributed by atoms with Gasteiger partial charge in [0.15, 0.2) is 0 Å². The molecule has 1 aliphatic rings. The molecule has 1 aromatic carbocycles. The maximum atomic E-state index is 12.2. The first kappa shape index (κ1) is 20.9. The largest absolute Gasteiger partial charge is 0.465 e. The van der Waals surface area contributed by atoms with Crippen molar-refractivity contribution in [3.8, 4) is 0 Å². The number of hydrogen-bond acceptors (Lipinski definition) is 3. The molecule has 1 heterocycles. The van der Waals surface area contributed by atoms with Crippen LogP contribution in [-0.2, 0) is 16.0 Å². The molecule has 1 aromatic rings. The molecule has 1 aliphatic heterocycles. The molecule has 0 aromatic heterocycles. The molecule has 1 saturated heterocycles. The number of carbonyl (C=O) groups is 2. The summed E-state index contributed by atoms with van der Waals surface area (Å²) in [5.74, 6) is -0.105. The molecular formula is C23H31NO3. The summed E-state index contributed by atoms with van der Waals surface area (Å²) < 4.78 is 4.72. The lowest BCUT2D eigenvalue weighted by Crippen LogP contribution is -2.33. The van der Waals surface area contributed by atoms with Crippen LogP contribution in [0.3, 0.4) is 0 Å². The standard InChI is InChI=1S/C23H31NO3/c1-4-5-7-18(2)8-6-9-21-14-15-22(25)24(21)17-16-19-10-12-20(13-11-19)23(26)27-3/h6,8-13,21H,4-5,7,14-17H2,1-3H3. The Kier molecular flexibility index (Phi) is 8.31. The van der Waals surface area contributed by atoms with Crippen LogP contribution in [0.25, 0.3) is 0 Å². The van der Waals surface area contributed by atoms with Crippen molar-refractivity contribution >= 4 is 11.9 Å². The number of nitrogens with zero attached hydrogens (tertiary/aromatic N) is 1. The van der Waals surface area contributed by atoms with Crippen molar-refractivity contribution in [2.75, 3.05) is 13.7 Å². The summed E-state index contributed by atoms with van der Waals surface area (Å²) in [5.41, 5.74) is 3.04. The highest BCUT2D eigenvalue weighted by atomic mass is 16.5. The van der Waals surface area contributed by atoms with Gasteiger partial charge in [0.25, 0.3) is 0 Å². The number of allylic oxidation sites excluding steroid dienone is 3. The average Bonchev–Trinajstić information content (AvgIpc) is 3.04. The summed E-state index contributed by atoms with van der Waals surface area (Å²) in [7, 11) is 1.38. The smallest absolute Gasteiger partial charge is 0.337 e. The van der Waals surface area contributed by atoms with Gasteiger partial charge in [-0.15, -0.1) is 0 Å². The fourth-order valence-corrected chi connectivity index (χ4v) is 3.31. The number of esters is 1. The van der Waals surface area contributed by atoms with Crippen LogP contribution in [0.1, 0.15) is 61.9 Å². The van der Waals surface area contributed by atoms with Gasteiger partial charge in [0, 0.05) is 13.0 Å². The minimum atomic E-state index is -0.330. The molecule has 0 N–H and O–H groups in total. The maximum absolute atomic E-state index is 12.2. The highest BCUT2D eigenvalue weighted by Crippen LogP contribution is 2.21. The molecule has 0 bridgehead atoms. The SMILES string of the molecule is CCCCC(C)=CC=CC1CCC(=O)N1CCc1ccc(C(=O)OC)cc1. The van der Waals surface area contributed by atoms with Gasteiger partial charge in [0.1, 0.15) is 0 Å². The first-order valence-corrected chi connectivity index (χ1v) is 9.85. The van der Waals surface area contributed by atoms with Crippen LogP contribution in [0, 0.1) is 0 Å². The molecule has 0 radical (unpaired) electrons. The predicted octanol–water partition coefficient (Wildman–Crippen LogP) is 4.70. The minimum absolute atomic E-state index is 0.182. The summed E-state index contributed by atoms with van der Waals surface area (Å²) >= 11 is 0. The van der Waals surface area contributed by atoms with E-state index in [4.69, 9.17) is 4.74 Å². The van der Waals surface area contributed by atoms with Gasteiger partial charge < -0.3 is 9.64 Å². The van der Waals surface area contributed by atoms with Gasteiger partial charge in [-0.25, -0.2) is 4.79 Å². The van der Waals surface area contributed by atoms with E-state index in [2.05, 4.69) is 32.1 Å². The lowest BCUT2D eigenvalue weighted by Gasteiger charge is -2.22. The van der Waals surface area contributed by atoms with Gasteiger partial charge in [0.2, 0.25) is 5.91 Å². The van der Waals surface area contributed by atoms with Crippen LogP contribution in [0.15, 0.2) is 48.1 Å². The fraction of sp³-hybridized carbons (Fsp3) is 0.478. The maximum Gasteiger partial charge on any atom is 0.337 e. The van der Waals surface area contributed by atoms with Crippen LogP contribution in [0.2, 0.25) is 0 Å². The number of methoxy groups -OCH3 is 1. The Labute approximate surface area is 162 Å². The minimum Gasteiger partial charge on any atom is -0.465 e. The van der Waals surface area contributed by atoms with E-state index in [1.165, 1.54) is 25.5 Å². The summed E-state index contributed by atoms with van der Waals surface area (Å²) in [6.07, 6.45) is 12.3. The molecule has 1 fully saturated rings. The predicted molar refractivity (Wildman–Crippen MR) is 109 cm³/mol. The number of likely N-dealkylation sites (tertiary alicyclic amines) is 1. The van der Waals surface area contributed by atoms with Crippen molar-refractivity contribution in [1.29, 1.82) is 0 Å². The van der Waals surface area contributed by atoms with Crippen molar-refractivity contribution < 1.29 is 14.3 Å². The monoisotopic (exact) mass is 369 g/mol. The van der Waals surface area contributed by atoms with Crippen LogP contribution in [0.5, 0.6) is 0 Å². The first-order chi connectivity index (χ1) is 13.0. The van der Waals surface area contributed by atoms with Crippen LogP contribution in [0.4, 0.5) is 0 Å². The molecule has 146 valence electrons. The Bertz CT molecular complexity index is 688. The third-order valence-corrected chi connectivity index (χ3v) is 5.03. The molecule has 2 rings (SSSR count). The van der Waals surface area contributed by atoms with E-state index in [0.717, 1.165) is 24.8 Å². The summed E-state index contributed by atoms with van der Waals surface area (Å²) in [6.45, 7) is 5.06. The number of unbranched alkanes of at least 4 members (excludes halogenated alkanes) is 1. The number of rotatable bonds is 9. The molecule has 0 aliphatic carbocycles. The van der Waals surface area contributed by atoms with Crippen LogP contribution >= 0.6 is 0 Å². The van der Waals surface area contributed by atoms with Crippen LogP contribution < -0.4 is 0 Å². The molecule has 27 heavy (non-hydrogen) atoms. The Morgan fingerprint density at radius 3 is 2.70 bits per heavy atom. The first-order valence-electron chi connectivity index (χ1n) is 9.85. The number of carbonyl (C=O) groups excluding carboxylic acids is 2. The Morgan fingerprint density at radius 2 is 2.04 bits per heavy atom. The number of amides is 1. The molecule has 0 spiro atoms. The highest BCUT2D eigenvalue weighted by molar-refractivity contribution is 5.89. The van der Waals surface area contributed by atoms with Gasteiger partial charge in [-0.3, -0.25) is 4.79 Å². The molecule has 1 unspecified atom stereocenters. The van der Waals surface area contributed by atoms with Crippen molar-refractivity contribution in [3.05, 3.63) is 59.2 Å². The van der Waals surface area contributed by atoms with Crippen molar-refractivity contribution in [2.24, 2.45) is 0 Å². The van der Waals surface area contributed by atoms with E-state index in [0.29, 0.717) is 18.5 Å². The topological polar surface area (TPSA) is 46.6 Å². The Hall–Kier alpha value is -2.36. The van der Waals surface area contributed by atoms with E-state index in [-0.39, 0.29) is 17.9 Å². The summed E-state index contributed by atoms with van der Waals surface area (Å²) in [4.78, 5) is 25.7. The molecule has 4 nitrogen and oxygen atoms in total. The van der Waals surface area contributed by atoms with Gasteiger partial charge in [-0.05, 0) is 50.3 Å². The zero-order chi connectivity index (χ0) is 19.6. The second kappa shape index (κ2) is 10.7. The molecule has 1 atom stereocenters. The van der Waals surface area contributed by atoms with Gasteiger partial charge in [0.05, 0.1) is 18.7 Å². The lowest BCUT2D eigenvalue weighted by atomic mass is 10.1. The molecule has 1 amide bonds. The summed E-state index contributed by atoms with van der Waals surface area (Å²) in [6, 6.07) is 7.58. The van der Waals surface area contributed by atoms with Gasteiger partial charge >= 0.3 is 5.97 Å². The van der Waals surface area contributed by atoms with Crippen molar-refractivity contribution in [2.45, 2.75) is 58.4 Å². The van der Waals surface area contributed by atoms with Crippen molar-refractivity contribution in [1.82, 2.24) is 4.90 Å². The molecule has 0 saturated carbocycles. The van der Waals surface area contributed by atoms with E-state index in [9.17, 15) is 9.59 Å². The normalized spacial score (nSPS) is 17.7. The van der Waals surface area contributed by atoms with Gasteiger partial charge in [-0.2, -0.15) is 0 Å². The quantitative estimate of drug-likeness (QED) is 0.468. The molecule has 4 heteroatoms. The zero-order valence-corrected chi connectivity index (χ0v) is 16.7. The number of benzene rings is 1. The van der Waals surface area contributed by atoms with E-state index < -0.39 is 0 Å². The van der Waals surface area contributed by atoms with E-state index in [1.54, 1.807) is 12.1 Å². The molecular weight excluding hydrogens is 338 g/mol. The van der Waals surface area contributed by atoms with Crippen LogP contribution in [-0.4, -0.2) is 36.5 Å². The van der Waals surface area contributed by atoms with Crippen molar-refractivity contribution in [3.63, 3.8) is 0 Å².